The van der Waals surface area contributed by atoms with E-state index in [1.165, 1.54) is 16.3 Å². The lowest BCUT2D eigenvalue weighted by atomic mass is 10.1. The van der Waals surface area contributed by atoms with Crippen LogP contribution in [0.25, 0.3) is 10.8 Å². The Morgan fingerprint density at radius 1 is 1.04 bits per heavy atom. The van der Waals surface area contributed by atoms with E-state index in [0.29, 0.717) is 36.9 Å². The zero-order valence-electron chi connectivity index (χ0n) is 15.6. The largest absolute Gasteiger partial charge is 0.486 e. The minimum atomic E-state index is -0.0827. The van der Waals surface area contributed by atoms with Crippen molar-refractivity contribution in [2.24, 2.45) is 0 Å². The van der Waals surface area contributed by atoms with E-state index < -0.39 is 0 Å². The number of nitrogens with one attached hydrogen (secondary N) is 1. The van der Waals surface area contributed by atoms with Gasteiger partial charge in [0, 0.05) is 23.2 Å². The molecule has 1 aliphatic rings. The van der Waals surface area contributed by atoms with Gasteiger partial charge < -0.3 is 14.8 Å². The second-order valence-electron chi connectivity index (χ2n) is 6.88. The van der Waals surface area contributed by atoms with Crippen molar-refractivity contribution in [2.75, 3.05) is 32.1 Å². The van der Waals surface area contributed by atoms with Gasteiger partial charge in [-0.3, -0.25) is 9.69 Å². The highest BCUT2D eigenvalue weighted by atomic mass is 79.9. The van der Waals surface area contributed by atoms with Crippen LogP contribution in [0.15, 0.2) is 59.1 Å². The van der Waals surface area contributed by atoms with Crippen molar-refractivity contribution >= 4 is 38.3 Å². The molecule has 0 radical (unpaired) electrons. The van der Waals surface area contributed by atoms with Gasteiger partial charge in [0.25, 0.3) is 0 Å². The minimum Gasteiger partial charge on any atom is -0.486 e. The molecule has 0 bridgehead atoms. The van der Waals surface area contributed by atoms with Crippen LogP contribution in [0.1, 0.15) is 5.56 Å². The number of amides is 1. The molecule has 0 spiro atoms. The summed E-state index contributed by atoms with van der Waals surface area (Å²) in [7, 11) is 1.94. The van der Waals surface area contributed by atoms with E-state index >= 15 is 0 Å². The Hall–Kier alpha value is -2.57. The summed E-state index contributed by atoms with van der Waals surface area (Å²) < 4.78 is 11.9. The Labute approximate surface area is 172 Å². The van der Waals surface area contributed by atoms with Crippen LogP contribution in [0.3, 0.4) is 0 Å². The minimum absolute atomic E-state index is 0.0827. The Morgan fingerprint density at radius 2 is 1.75 bits per heavy atom. The first kappa shape index (κ1) is 18.8. The van der Waals surface area contributed by atoms with Crippen LogP contribution in [-0.2, 0) is 11.3 Å². The summed E-state index contributed by atoms with van der Waals surface area (Å²) in [6, 6.07) is 18.3. The van der Waals surface area contributed by atoms with E-state index in [4.69, 9.17) is 9.47 Å². The van der Waals surface area contributed by atoms with Crippen molar-refractivity contribution in [1.82, 2.24) is 4.90 Å². The average molecular weight is 441 g/mol. The lowest BCUT2D eigenvalue weighted by Crippen LogP contribution is -2.30. The third kappa shape index (κ3) is 4.29. The second kappa shape index (κ2) is 8.20. The number of halogens is 1. The molecule has 5 nitrogen and oxygen atoms in total. The Morgan fingerprint density at radius 3 is 2.54 bits per heavy atom. The van der Waals surface area contributed by atoms with Gasteiger partial charge in [-0.2, -0.15) is 0 Å². The van der Waals surface area contributed by atoms with Crippen LogP contribution in [0, 0.1) is 0 Å². The lowest BCUT2D eigenvalue weighted by Gasteiger charge is -2.21. The molecule has 3 aromatic rings. The van der Waals surface area contributed by atoms with E-state index in [1.54, 1.807) is 6.07 Å². The molecule has 0 aliphatic carbocycles. The number of likely N-dealkylation sites (N-methyl/N-ethyl adjacent to an activating group) is 1. The normalized spacial score (nSPS) is 13.0. The molecule has 1 aliphatic heterocycles. The van der Waals surface area contributed by atoms with Crippen molar-refractivity contribution in [1.29, 1.82) is 0 Å². The van der Waals surface area contributed by atoms with Crippen molar-refractivity contribution in [3.8, 4) is 11.5 Å². The van der Waals surface area contributed by atoms with Crippen molar-refractivity contribution in [2.45, 2.75) is 6.54 Å². The number of rotatable bonds is 5. The number of anilines is 1. The number of carbonyl (C=O) groups excluding carboxylic acids is 1. The van der Waals surface area contributed by atoms with Gasteiger partial charge in [-0.15, -0.1) is 0 Å². The fraction of sp³-hybridized carbons (Fsp3) is 0.227. The van der Waals surface area contributed by atoms with E-state index in [9.17, 15) is 4.79 Å². The van der Waals surface area contributed by atoms with Gasteiger partial charge in [0.1, 0.15) is 13.2 Å². The molecular weight excluding hydrogens is 420 g/mol. The quantitative estimate of drug-likeness (QED) is 0.636. The predicted octanol–water partition coefficient (Wildman–Crippen LogP) is 4.44. The van der Waals surface area contributed by atoms with Crippen molar-refractivity contribution < 1.29 is 14.3 Å². The second-order valence-corrected chi connectivity index (χ2v) is 7.73. The molecule has 0 saturated carbocycles. The zero-order valence-corrected chi connectivity index (χ0v) is 17.2. The number of nitrogens with zero attached hydrogens (tertiary/aromatic N) is 1. The lowest BCUT2D eigenvalue weighted by molar-refractivity contribution is -0.117. The third-order valence-electron chi connectivity index (χ3n) is 4.59. The van der Waals surface area contributed by atoms with E-state index in [0.717, 1.165) is 4.47 Å². The van der Waals surface area contributed by atoms with Crippen LogP contribution >= 0.6 is 15.9 Å². The number of carbonyl (C=O) groups is 1. The van der Waals surface area contributed by atoms with Crippen LogP contribution in [0.4, 0.5) is 5.69 Å². The summed E-state index contributed by atoms with van der Waals surface area (Å²) in [6.07, 6.45) is 0. The standard InChI is InChI=1S/C22H21BrN2O3/c1-25(13-15-6-7-16-4-2-3-5-17(16)10-15)14-22(26)24-19-12-21-20(11-18(19)23)27-8-9-28-21/h2-7,10-12H,8-9,13-14H2,1H3,(H,24,26). The number of benzene rings is 3. The molecule has 4 rings (SSSR count). The summed E-state index contributed by atoms with van der Waals surface area (Å²) in [5.74, 6) is 1.25. The number of hydrogen-bond donors (Lipinski definition) is 1. The molecule has 0 atom stereocenters. The van der Waals surface area contributed by atoms with Gasteiger partial charge in [0.2, 0.25) is 5.91 Å². The monoisotopic (exact) mass is 440 g/mol. The van der Waals surface area contributed by atoms with E-state index in [2.05, 4.69) is 51.6 Å². The van der Waals surface area contributed by atoms with Gasteiger partial charge in [-0.05, 0) is 45.4 Å². The fourth-order valence-corrected chi connectivity index (χ4v) is 3.72. The van der Waals surface area contributed by atoms with Gasteiger partial charge in [-0.25, -0.2) is 0 Å². The number of hydrogen-bond acceptors (Lipinski definition) is 4. The summed E-state index contributed by atoms with van der Waals surface area (Å²) in [4.78, 5) is 14.5. The average Bonchev–Trinajstić information content (AvgIpc) is 2.68. The smallest absolute Gasteiger partial charge is 0.238 e. The number of fused-ring (bicyclic) bond motifs is 2. The highest BCUT2D eigenvalue weighted by Gasteiger charge is 2.16. The molecule has 0 unspecified atom stereocenters. The Kier molecular flexibility index (Phi) is 5.50. The molecule has 0 fully saturated rings. The molecule has 0 saturated heterocycles. The summed E-state index contributed by atoms with van der Waals surface area (Å²) in [5, 5.41) is 5.37. The fourth-order valence-electron chi connectivity index (χ4n) is 3.30. The maximum Gasteiger partial charge on any atom is 0.238 e. The molecule has 1 amide bonds. The number of ether oxygens (including phenoxy) is 2. The first-order valence-corrected chi connectivity index (χ1v) is 9.93. The predicted molar refractivity (Wildman–Crippen MR) is 114 cm³/mol. The molecular formula is C22H21BrN2O3. The third-order valence-corrected chi connectivity index (χ3v) is 5.24. The molecule has 3 aromatic carbocycles. The van der Waals surface area contributed by atoms with Crippen LogP contribution in [0.2, 0.25) is 0 Å². The molecule has 144 valence electrons. The summed E-state index contributed by atoms with van der Waals surface area (Å²) in [5.41, 5.74) is 1.85. The molecule has 0 aromatic heterocycles. The first-order valence-electron chi connectivity index (χ1n) is 9.14. The highest BCUT2D eigenvalue weighted by Crippen LogP contribution is 2.38. The first-order chi connectivity index (χ1) is 13.6. The van der Waals surface area contributed by atoms with Crippen molar-refractivity contribution in [3.63, 3.8) is 0 Å². The molecule has 6 heteroatoms. The Bertz CT molecular complexity index is 1020. The maximum absolute atomic E-state index is 12.5. The van der Waals surface area contributed by atoms with Crippen molar-refractivity contribution in [3.05, 3.63) is 64.6 Å². The molecule has 1 heterocycles. The van der Waals surface area contributed by atoms with E-state index in [-0.39, 0.29) is 12.5 Å². The van der Waals surface area contributed by atoms with Crippen LogP contribution in [-0.4, -0.2) is 37.6 Å². The van der Waals surface area contributed by atoms with Crippen LogP contribution < -0.4 is 14.8 Å². The van der Waals surface area contributed by atoms with Gasteiger partial charge in [0.05, 0.1) is 12.2 Å². The molecule has 1 N–H and O–H groups in total. The zero-order chi connectivity index (χ0) is 19.5. The van der Waals surface area contributed by atoms with Gasteiger partial charge in [-0.1, -0.05) is 36.4 Å². The SMILES string of the molecule is CN(CC(=O)Nc1cc2c(cc1Br)OCCO2)Cc1ccc2ccccc2c1. The van der Waals surface area contributed by atoms with Gasteiger partial charge in [0.15, 0.2) is 11.5 Å². The summed E-state index contributed by atoms with van der Waals surface area (Å²) >= 11 is 3.48. The highest BCUT2D eigenvalue weighted by molar-refractivity contribution is 9.10. The van der Waals surface area contributed by atoms with Crippen LogP contribution in [0.5, 0.6) is 11.5 Å². The Balaban J connectivity index is 1.39. The van der Waals surface area contributed by atoms with Gasteiger partial charge >= 0.3 is 0 Å². The maximum atomic E-state index is 12.5. The van der Waals surface area contributed by atoms with E-state index in [1.807, 2.05) is 30.1 Å². The summed E-state index contributed by atoms with van der Waals surface area (Å²) in [6.45, 7) is 2.02. The molecule has 28 heavy (non-hydrogen) atoms. The topological polar surface area (TPSA) is 50.8 Å².